The molecule has 1 aromatic heterocycles. The van der Waals surface area contributed by atoms with Crippen molar-refractivity contribution in [3.63, 3.8) is 0 Å². The molecule has 0 aliphatic carbocycles. The number of methoxy groups -OCH3 is 2. The number of carbonyl (C=O) groups is 2. The number of aromatic nitrogens is 1. The lowest BCUT2D eigenvalue weighted by molar-refractivity contribution is -0.136. The molecule has 2 rings (SSSR count). The van der Waals surface area contributed by atoms with Crippen molar-refractivity contribution in [1.82, 2.24) is 15.2 Å². The minimum atomic E-state index is -0.755. The molecule has 0 aliphatic rings. The summed E-state index contributed by atoms with van der Waals surface area (Å²) in [6.07, 6.45) is 1.42. The molecule has 144 valence electrons. The molecule has 0 saturated carbocycles. The Balaban J connectivity index is 1.94. The van der Waals surface area contributed by atoms with Gasteiger partial charge >= 0.3 is 11.8 Å². The first-order valence-corrected chi connectivity index (χ1v) is 8.34. The summed E-state index contributed by atoms with van der Waals surface area (Å²) in [5.41, 5.74) is 1.41. The van der Waals surface area contributed by atoms with Gasteiger partial charge in [0.05, 0.1) is 32.1 Å². The Hall–Kier alpha value is -3.13. The molecule has 0 aliphatic heterocycles. The zero-order chi connectivity index (χ0) is 19.8. The van der Waals surface area contributed by atoms with Crippen LogP contribution in [0.15, 0.2) is 42.6 Å². The van der Waals surface area contributed by atoms with Crippen LogP contribution in [-0.2, 0) is 9.59 Å². The molecular weight excluding hydrogens is 348 g/mol. The van der Waals surface area contributed by atoms with E-state index in [1.165, 1.54) is 13.3 Å². The lowest BCUT2D eigenvalue weighted by atomic mass is 10.1. The number of hydrogen-bond donors (Lipinski definition) is 2. The second kappa shape index (κ2) is 9.54. The van der Waals surface area contributed by atoms with E-state index >= 15 is 0 Å². The first-order valence-electron chi connectivity index (χ1n) is 8.34. The fourth-order valence-corrected chi connectivity index (χ4v) is 2.46. The van der Waals surface area contributed by atoms with Gasteiger partial charge in [0.25, 0.3) is 0 Å². The molecule has 27 heavy (non-hydrogen) atoms. The Morgan fingerprint density at radius 2 is 1.74 bits per heavy atom. The Morgan fingerprint density at radius 1 is 1.04 bits per heavy atom. The number of benzene rings is 1. The highest BCUT2D eigenvalue weighted by molar-refractivity contribution is 6.39. The van der Waals surface area contributed by atoms with E-state index in [0.29, 0.717) is 11.6 Å². The number of anilines is 1. The fourth-order valence-electron chi connectivity index (χ4n) is 2.46. The summed E-state index contributed by atoms with van der Waals surface area (Å²) < 4.78 is 10.1. The summed E-state index contributed by atoms with van der Waals surface area (Å²) in [6.45, 7) is 0.284. The van der Waals surface area contributed by atoms with Gasteiger partial charge in [-0.25, -0.2) is 4.98 Å². The van der Waals surface area contributed by atoms with Gasteiger partial charge in [-0.05, 0) is 37.9 Å². The van der Waals surface area contributed by atoms with Crippen molar-refractivity contribution < 1.29 is 19.1 Å². The lowest BCUT2D eigenvalue weighted by Gasteiger charge is -2.25. The van der Waals surface area contributed by atoms with Gasteiger partial charge in [-0.2, -0.15) is 0 Å². The maximum Gasteiger partial charge on any atom is 0.313 e. The van der Waals surface area contributed by atoms with Crippen LogP contribution in [0.25, 0.3) is 0 Å². The van der Waals surface area contributed by atoms with Crippen molar-refractivity contribution in [2.24, 2.45) is 0 Å². The maximum atomic E-state index is 12.1. The molecule has 2 aromatic rings. The summed E-state index contributed by atoms with van der Waals surface area (Å²) in [4.78, 5) is 30.1. The van der Waals surface area contributed by atoms with Crippen LogP contribution in [0, 0.1) is 0 Å². The van der Waals surface area contributed by atoms with Gasteiger partial charge in [-0.3, -0.25) is 9.59 Å². The molecule has 0 fully saturated rings. The zero-order valence-electron chi connectivity index (χ0n) is 15.9. The van der Waals surface area contributed by atoms with Gasteiger partial charge in [-0.15, -0.1) is 0 Å². The minimum absolute atomic E-state index is 0.0877. The summed E-state index contributed by atoms with van der Waals surface area (Å²) in [7, 11) is 6.92. The molecule has 8 heteroatoms. The Bertz CT molecular complexity index is 760. The summed E-state index contributed by atoms with van der Waals surface area (Å²) in [5.74, 6) is -0.293. The number of hydrogen-bond acceptors (Lipinski definition) is 6. The third-order valence-electron chi connectivity index (χ3n) is 3.99. The second-order valence-corrected chi connectivity index (χ2v) is 6.01. The highest BCUT2D eigenvalue weighted by atomic mass is 16.5. The lowest BCUT2D eigenvalue weighted by Crippen LogP contribution is -2.40. The number of carbonyl (C=O) groups excluding carboxylic acids is 2. The number of ether oxygens (including phenoxy) is 2. The number of likely N-dealkylation sites (N-methyl/N-ethyl adjacent to an activating group) is 1. The van der Waals surface area contributed by atoms with Gasteiger partial charge < -0.3 is 25.0 Å². The fraction of sp³-hybridized carbons (Fsp3) is 0.316. The van der Waals surface area contributed by atoms with Crippen molar-refractivity contribution in [2.75, 3.05) is 40.2 Å². The van der Waals surface area contributed by atoms with E-state index in [0.717, 1.165) is 11.3 Å². The Morgan fingerprint density at radius 3 is 2.26 bits per heavy atom. The molecule has 2 N–H and O–H groups in total. The zero-order valence-corrected chi connectivity index (χ0v) is 15.9. The smallest absolute Gasteiger partial charge is 0.313 e. The SMILES string of the molecule is COc1ccc([C@@H](CNC(=O)C(=O)Nc2ccc(OC)nc2)N(C)C)cc1. The summed E-state index contributed by atoms with van der Waals surface area (Å²) >= 11 is 0. The van der Waals surface area contributed by atoms with Crippen LogP contribution in [0.5, 0.6) is 11.6 Å². The number of amides is 2. The van der Waals surface area contributed by atoms with Gasteiger partial charge in [0.1, 0.15) is 5.75 Å². The molecule has 1 aromatic carbocycles. The highest BCUT2D eigenvalue weighted by Gasteiger charge is 2.19. The predicted octanol–water partition coefficient (Wildman–Crippen LogP) is 1.46. The molecule has 0 saturated heterocycles. The molecule has 0 bridgehead atoms. The van der Waals surface area contributed by atoms with Crippen LogP contribution in [0.4, 0.5) is 5.69 Å². The van der Waals surface area contributed by atoms with Crippen molar-refractivity contribution >= 4 is 17.5 Å². The number of rotatable bonds is 7. The van der Waals surface area contributed by atoms with Crippen molar-refractivity contribution in [3.8, 4) is 11.6 Å². The van der Waals surface area contributed by atoms with Gasteiger partial charge in [0, 0.05) is 12.6 Å². The van der Waals surface area contributed by atoms with E-state index in [1.54, 1.807) is 19.2 Å². The largest absolute Gasteiger partial charge is 0.497 e. The van der Waals surface area contributed by atoms with Crippen LogP contribution in [-0.4, -0.2) is 56.6 Å². The third kappa shape index (κ3) is 5.68. The second-order valence-electron chi connectivity index (χ2n) is 6.01. The van der Waals surface area contributed by atoms with Crippen molar-refractivity contribution in [2.45, 2.75) is 6.04 Å². The van der Waals surface area contributed by atoms with Crippen LogP contribution in [0.1, 0.15) is 11.6 Å². The molecule has 1 heterocycles. The molecule has 1 atom stereocenters. The molecule has 0 spiro atoms. The summed E-state index contributed by atoms with van der Waals surface area (Å²) in [6, 6.07) is 10.7. The first kappa shape index (κ1) is 20.2. The molecule has 2 amide bonds. The van der Waals surface area contributed by atoms with Crippen LogP contribution < -0.4 is 20.1 Å². The van der Waals surface area contributed by atoms with E-state index in [2.05, 4.69) is 15.6 Å². The molecule has 8 nitrogen and oxygen atoms in total. The van der Waals surface area contributed by atoms with Gasteiger partial charge in [-0.1, -0.05) is 12.1 Å². The van der Waals surface area contributed by atoms with Crippen LogP contribution in [0.3, 0.4) is 0 Å². The van der Waals surface area contributed by atoms with E-state index in [9.17, 15) is 9.59 Å². The van der Waals surface area contributed by atoms with Crippen molar-refractivity contribution in [3.05, 3.63) is 48.2 Å². The Labute approximate surface area is 158 Å². The molecule has 0 radical (unpaired) electrons. The molecular formula is C19H24N4O4. The normalized spacial score (nSPS) is 11.6. The Kier molecular flexibility index (Phi) is 7.13. The van der Waals surface area contributed by atoms with Gasteiger partial charge in [0.15, 0.2) is 0 Å². The minimum Gasteiger partial charge on any atom is -0.497 e. The van der Waals surface area contributed by atoms with E-state index in [4.69, 9.17) is 9.47 Å². The number of pyridine rings is 1. The summed E-state index contributed by atoms with van der Waals surface area (Å²) in [5, 5.41) is 5.17. The van der Waals surface area contributed by atoms with Crippen LogP contribution in [0.2, 0.25) is 0 Å². The van der Waals surface area contributed by atoms with E-state index in [1.807, 2.05) is 43.3 Å². The standard InChI is InChI=1S/C19H24N4O4/c1-23(2)16(13-5-8-15(26-3)9-6-13)12-21-18(24)19(25)22-14-7-10-17(27-4)20-11-14/h5-11,16H,12H2,1-4H3,(H,21,24)(H,22,25)/t16-/m1/s1. The quantitative estimate of drug-likeness (QED) is 0.715. The average molecular weight is 372 g/mol. The van der Waals surface area contributed by atoms with Crippen molar-refractivity contribution in [1.29, 1.82) is 0 Å². The number of nitrogens with one attached hydrogen (secondary N) is 2. The monoisotopic (exact) mass is 372 g/mol. The first-order chi connectivity index (χ1) is 12.9. The third-order valence-corrected chi connectivity index (χ3v) is 3.99. The van der Waals surface area contributed by atoms with E-state index < -0.39 is 11.8 Å². The number of nitrogens with zero attached hydrogens (tertiary/aromatic N) is 2. The predicted molar refractivity (Wildman–Crippen MR) is 102 cm³/mol. The highest BCUT2D eigenvalue weighted by Crippen LogP contribution is 2.20. The average Bonchev–Trinajstić information content (AvgIpc) is 2.68. The van der Waals surface area contributed by atoms with Gasteiger partial charge in [0.2, 0.25) is 5.88 Å². The topological polar surface area (TPSA) is 92.8 Å². The molecule has 0 unspecified atom stereocenters. The maximum absolute atomic E-state index is 12.1. The van der Waals surface area contributed by atoms with Crippen LogP contribution >= 0.6 is 0 Å². The van der Waals surface area contributed by atoms with E-state index in [-0.39, 0.29) is 12.6 Å².